The van der Waals surface area contributed by atoms with Crippen LogP contribution in [0.1, 0.15) is 25.8 Å². The second-order valence-electron chi connectivity index (χ2n) is 8.43. The van der Waals surface area contributed by atoms with Gasteiger partial charge in [-0.3, -0.25) is 9.80 Å². The van der Waals surface area contributed by atoms with Crippen molar-refractivity contribution in [3.05, 3.63) is 53.2 Å². The summed E-state index contributed by atoms with van der Waals surface area (Å²) in [5, 5.41) is 5.74. The van der Waals surface area contributed by atoms with Crippen molar-refractivity contribution in [2.75, 3.05) is 39.5 Å². The molecule has 1 aromatic carbocycles. The Balaban J connectivity index is 1.94. The third kappa shape index (κ3) is 5.25. The van der Waals surface area contributed by atoms with E-state index in [0.29, 0.717) is 43.3 Å². The van der Waals surface area contributed by atoms with E-state index in [2.05, 4.69) is 5.10 Å². The predicted molar refractivity (Wildman–Crippen MR) is 124 cm³/mol. The molecule has 11 heteroatoms. The third-order valence-electron chi connectivity index (χ3n) is 6.13. The van der Waals surface area contributed by atoms with Crippen LogP contribution in [-0.2, 0) is 23.8 Å². The van der Waals surface area contributed by atoms with Crippen molar-refractivity contribution in [1.82, 2.24) is 9.91 Å². The molecule has 0 amide bonds. The maximum absolute atomic E-state index is 13.8. The molecule has 0 aliphatic carbocycles. The number of ether oxygens (including phenoxy) is 3. The number of alkyl halides is 3. The zero-order valence-electron chi connectivity index (χ0n) is 20.1. The molecular formula is C25H28F3N3O5. The van der Waals surface area contributed by atoms with Gasteiger partial charge in [0.25, 0.3) is 0 Å². The molecule has 4 rings (SSSR count). The number of hydrazone groups is 1. The maximum Gasteiger partial charge on any atom is 0.391 e. The molecule has 2 atom stereocenters. The zero-order valence-corrected chi connectivity index (χ0v) is 20.1. The Bertz CT molecular complexity index is 1080. The molecule has 36 heavy (non-hydrogen) atoms. The van der Waals surface area contributed by atoms with Crippen LogP contribution in [-0.4, -0.2) is 79.4 Å². The fraction of sp³-hybridized carbons (Fsp3) is 0.480. The average molecular weight is 508 g/mol. The summed E-state index contributed by atoms with van der Waals surface area (Å²) in [6.45, 7) is 4.97. The van der Waals surface area contributed by atoms with Crippen LogP contribution in [0.2, 0.25) is 0 Å². The minimum atomic E-state index is -4.63. The highest BCUT2D eigenvalue weighted by Crippen LogP contribution is 2.47. The van der Waals surface area contributed by atoms with Crippen LogP contribution in [0.15, 0.2) is 52.8 Å². The average Bonchev–Trinajstić information content (AvgIpc) is 3.17. The SMILES string of the molecule is CCOC(=O)C1=C2C(c3ccccc3)=CC(N3CCOCC3)=NN2C(CC(F)(F)F)C1C(=O)OCC. The highest BCUT2D eigenvalue weighted by atomic mass is 19.4. The number of carbonyl (C=O) groups excluding carboxylic acids is 2. The van der Waals surface area contributed by atoms with Crippen LogP contribution in [0, 0.1) is 5.92 Å². The summed E-state index contributed by atoms with van der Waals surface area (Å²) in [7, 11) is 0. The molecule has 0 radical (unpaired) electrons. The van der Waals surface area contributed by atoms with Gasteiger partial charge in [-0.2, -0.15) is 18.3 Å². The number of allylic oxidation sites excluding steroid dienone is 1. The minimum absolute atomic E-state index is 0.0121. The Labute approximate surface area is 207 Å². The standard InChI is InChI=1S/C25H28F3N3O5/c1-3-35-23(32)20-18(15-25(26,27)28)31-22(21(20)24(33)36-4-2)17(16-8-6-5-7-9-16)14-19(29-31)30-10-12-34-13-11-30/h5-9,14,18,20H,3-4,10-13,15H2,1-2H3. The number of rotatable bonds is 6. The molecule has 0 saturated carbocycles. The van der Waals surface area contributed by atoms with Gasteiger partial charge in [-0.25, -0.2) is 4.79 Å². The molecule has 0 N–H and O–H groups in total. The molecular weight excluding hydrogens is 479 g/mol. The zero-order chi connectivity index (χ0) is 25.9. The fourth-order valence-corrected chi connectivity index (χ4v) is 4.67. The Morgan fingerprint density at radius 1 is 1.08 bits per heavy atom. The molecule has 1 saturated heterocycles. The van der Waals surface area contributed by atoms with E-state index in [4.69, 9.17) is 14.2 Å². The van der Waals surface area contributed by atoms with Gasteiger partial charge in [-0.15, -0.1) is 0 Å². The summed E-state index contributed by atoms with van der Waals surface area (Å²) in [6, 6.07) is 7.45. The van der Waals surface area contributed by atoms with Crippen molar-refractivity contribution in [3.8, 4) is 0 Å². The van der Waals surface area contributed by atoms with Crippen LogP contribution in [0.4, 0.5) is 13.2 Å². The van der Waals surface area contributed by atoms with Crippen molar-refractivity contribution in [1.29, 1.82) is 0 Å². The van der Waals surface area contributed by atoms with Gasteiger partial charge in [0.2, 0.25) is 0 Å². The van der Waals surface area contributed by atoms with E-state index in [1.807, 2.05) is 11.0 Å². The van der Waals surface area contributed by atoms with Crippen LogP contribution < -0.4 is 0 Å². The largest absolute Gasteiger partial charge is 0.465 e. The first-order valence-corrected chi connectivity index (χ1v) is 11.9. The first kappa shape index (κ1) is 25.7. The Hall–Kier alpha value is -3.34. The molecule has 0 aromatic heterocycles. The van der Waals surface area contributed by atoms with Crippen LogP contribution in [0.5, 0.6) is 0 Å². The topological polar surface area (TPSA) is 80.7 Å². The molecule has 8 nitrogen and oxygen atoms in total. The monoisotopic (exact) mass is 507 g/mol. The number of esters is 2. The lowest BCUT2D eigenvalue weighted by atomic mass is 9.90. The second kappa shape index (κ2) is 10.7. The number of carbonyl (C=O) groups is 2. The van der Waals surface area contributed by atoms with Gasteiger partial charge in [-0.1, -0.05) is 30.3 Å². The molecule has 3 aliphatic heterocycles. The summed E-state index contributed by atoms with van der Waals surface area (Å²) in [4.78, 5) is 28.2. The summed E-state index contributed by atoms with van der Waals surface area (Å²) < 4.78 is 57.3. The molecule has 1 fully saturated rings. The van der Waals surface area contributed by atoms with Gasteiger partial charge in [0.1, 0.15) is 11.8 Å². The van der Waals surface area contributed by atoms with Crippen LogP contribution in [0.3, 0.4) is 0 Å². The second-order valence-corrected chi connectivity index (χ2v) is 8.43. The van der Waals surface area contributed by atoms with E-state index in [0.717, 1.165) is 0 Å². The number of fused-ring (bicyclic) bond motifs is 1. The summed E-state index contributed by atoms with van der Waals surface area (Å²) in [5.41, 5.74) is 1.10. The first-order valence-electron chi connectivity index (χ1n) is 11.9. The van der Waals surface area contributed by atoms with Gasteiger partial charge < -0.3 is 19.1 Å². The fourth-order valence-electron chi connectivity index (χ4n) is 4.67. The van der Waals surface area contributed by atoms with Crippen LogP contribution in [0.25, 0.3) is 5.57 Å². The Morgan fingerprint density at radius 3 is 2.36 bits per heavy atom. The van der Waals surface area contributed by atoms with Gasteiger partial charge in [0.15, 0.2) is 0 Å². The van der Waals surface area contributed by atoms with Gasteiger partial charge >= 0.3 is 18.1 Å². The predicted octanol–water partition coefficient (Wildman–Crippen LogP) is 3.36. The van der Waals surface area contributed by atoms with Crippen LogP contribution >= 0.6 is 0 Å². The van der Waals surface area contributed by atoms with Crippen molar-refractivity contribution >= 4 is 23.3 Å². The number of hydrogen-bond acceptors (Lipinski definition) is 8. The minimum Gasteiger partial charge on any atom is -0.465 e. The van der Waals surface area contributed by atoms with Crippen molar-refractivity contribution in [2.24, 2.45) is 11.0 Å². The molecule has 0 spiro atoms. The summed E-state index contributed by atoms with van der Waals surface area (Å²) in [5.74, 6) is -2.89. The smallest absolute Gasteiger partial charge is 0.391 e. The number of nitrogens with zero attached hydrogens (tertiary/aromatic N) is 3. The van der Waals surface area contributed by atoms with E-state index in [9.17, 15) is 22.8 Å². The maximum atomic E-state index is 13.8. The van der Waals surface area contributed by atoms with Gasteiger partial charge in [0, 0.05) is 18.7 Å². The Kier molecular flexibility index (Phi) is 7.67. The number of halogens is 3. The first-order chi connectivity index (χ1) is 17.2. The van der Waals surface area contributed by atoms with E-state index < -0.39 is 36.5 Å². The van der Waals surface area contributed by atoms with E-state index in [1.54, 1.807) is 44.2 Å². The quantitative estimate of drug-likeness (QED) is 0.547. The van der Waals surface area contributed by atoms with Gasteiger partial charge in [0.05, 0.1) is 50.2 Å². The highest BCUT2D eigenvalue weighted by Gasteiger charge is 2.54. The molecule has 0 bridgehead atoms. The lowest BCUT2D eigenvalue weighted by Crippen LogP contribution is -2.45. The Morgan fingerprint density at radius 2 is 1.75 bits per heavy atom. The van der Waals surface area contributed by atoms with Gasteiger partial charge in [-0.05, 0) is 25.5 Å². The number of amidine groups is 1. The third-order valence-corrected chi connectivity index (χ3v) is 6.13. The van der Waals surface area contributed by atoms with Crippen molar-refractivity contribution < 1.29 is 37.0 Å². The van der Waals surface area contributed by atoms with E-state index >= 15 is 0 Å². The molecule has 3 aliphatic rings. The lowest BCUT2D eigenvalue weighted by Gasteiger charge is -2.36. The van der Waals surface area contributed by atoms with E-state index in [-0.39, 0.29) is 24.5 Å². The number of hydrogen-bond donors (Lipinski definition) is 0. The molecule has 3 heterocycles. The molecule has 1 aromatic rings. The van der Waals surface area contributed by atoms with Crippen molar-refractivity contribution in [2.45, 2.75) is 32.5 Å². The van der Waals surface area contributed by atoms with E-state index in [1.165, 1.54) is 5.01 Å². The van der Waals surface area contributed by atoms with Crippen molar-refractivity contribution in [3.63, 3.8) is 0 Å². The lowest BCUT2D eigenvalue weighted by molar-refractivity contribution is -0.160. The normalized spacial score (nSPS) is 22.1. The number of benzene rings is 1. The molecule has 194 valence electrons. The molecule has 2 unspecified atom stereocenters. The summed E-state index contributed by atoms with van der Waals surface area (Å²) in [6.07, 6.45) is -4.26. The number of morpholine rings is 1. The highest BCUT2D eigenvalue weighted by molar-refractivity contribution is 6.08. The summed E-state index contributed by atoms with van der Waals surface area (Å²) >= 11 is 0.